The normalized spacial score (nSPS) is 17.3. The molecule has 3 aromatic carbocycles. The van der Waals surface area contributed by atoms with Gasteiger partial charge in [-0.25, -0.2) is 0 Å². The highest BCUT2D eigenvalue weighted by Crippen LogP contribution is 2.55. The zero-order valence-corrected chi connectivity index (χ0v) is 25.6. The van der Waals surface area contributed by atoms with Crippen LogP contribution in [0, 0.1) is 0 Å². The molecule has 0 N–H and O–H groups in total. The standard InChI is InChI=1S/C31H40O5SSi/c1-31(2,3)38(7,8)36-28-23(16-17-26(33-5)29(28)34-6)25-19-35-27-18-22(32-4)14-15-24(27)30(25)37-20-21-12-10-9-11-13-21/h9-18,25,30H,19-20H2,1-8H3/t25-,30-/m1/s1. The van der Waals surface area contributed by atoms with Crippen molar-refractivity contribution < 1.29 is 23.4 Å². The lowest BCUT2D eigenvalue weighted by atomic mass is 9.88. The zero-order chi connectivity index (χ0) is 27.5. The summed E-state index contributed by atoms with van der Waals surface area (Å²) in [4.78, 5) is 0. The van der Waals surface area contributed by atoms with Gasteiger partial charge in [-0.15, -0.1) is 11.8 Å². The first-order valence-electron chi connectivity index (χ1n) is 13.0. The van der Waals surface area contributed by atoms with Gasteiger partial charge in [0.1, 0.15) is 11.5 Å². The molecule has 0 fully saturated rings. The molecule has 0 amide bonds. The number of methoxy groups -OCH3 is 3. The smallest absolute Gasteiger partial charge is 0.250 e. The van der Waals surface area contributed by atoms with E-state index in [2.05, 4.69) is 76.3 Å². The minimum atomic E-state index is -2.20. The van der Waals surface area contributed by atoms with Crippen LogP contribution in [0.2, 0.25) is 18.1 Å². The van der Waals surface area contributed by atoms with Gasteiger partial charge in [0.15, 0.2) is 11.5 Å². The van der Waals surface area contributed by atoms with Crippen molar-refractivity contribution in [3.8, 4) is 28.7 Å². The fraction of sp³-hybridized carbons (Fsp3) is 0.419. The topological polar surface area (TPSA) is 46.2 Å². The van der Waals surface area contributed by atoms with Gasteiger partial charge >= 0.3 is 0 Å². The third kappa shape index (κ3) is 5.79. The number of benzene rings is 3. The highest BCUT2D eigenvalue weighted by atomic mass is 32.2. The van der Waals surface area contributed by atoms with Gasteiger partial charge in [-0.05, 0) is 35.8 Å². The van der Waals surface area contributed by atoms with E-state index in [4.69, 9.17) is 23.4 Å². The molecule has 3 aromatic rings. The Kier molecular flexibility index (Phi) is 8.57. The molecule has 204 valence electrons. The second-order valence-electron chi connectivity index (χ2n) is 11.1. The van der Waals surface area contributed by atoms with Crippen molar-refractivity contribution in [3.05, 3.63) is 77.4 Å². The Morgan fingerprint density at radius 3 is 2.21 bits per heavy atom. The van der Waals surface area contributed by atoms with Crippen molar-refractivity contribution in [1.82, 2.24) is 0 Å². The fourth-order valence-corrected chi connectivity index (χ4v) is 6.85. The molecular weight excluding hydrogens is 512 g/mol. The second-order valence-corrected chi connectivity index (χ2v) is 17.0. The van der Waals surface area contributed by atoms with Gasteiger partial charge in [-0.3, -0.25) is 0 Å². The summed E-state index contributed by atoms with van der Waals surface area (Å²) in [5, 5.41) is 0.163. The molecule has 1 aliphatic rings. The summed E-state index contributed by atoms with van der Waals surface area (Å²) in [6, 6.07) is 20.9. The molecule has 0 aliphatic carbocycles. The molecule has 4 rings (SSSR count). The van der Waals surface area contributed by atoms with Crippen LogP contribution in [-0.2, 0) is 5.75 Å². The lowest BCUT2D eigenvalue weighted by Gasteiger charge is -2.40. The maximum absolute atomic E-state index is 7.00. The molecule has 1 aliphatic heterocycles. The van der Waals surface area contributed by atoms with E-state index in [0.717, 1.165) is 34.1 Å². The Bertz CT molecular complexity index is 1240. The van der Waals surface area contributed by atoms with Gasteiger partial charge in [0, 0.05) is 34.1 Å². The quantitative estimate of drug-likeness (QED) is 0.249. The molecule has 0 radical (unpaired) electrons. The Labute approximate surface area is 232 Å². The van der Waals surface area contributed by atoms with Crippen molar-refractivity contribution in [2.75, 3.05) is 27.9 Å². The number of hydrogen-bond donors (Lipinski definition) is 0. The van der Waals surface area contributed by atoms with Crippen LogP contribution in [0.5, 0.6) is 28.7 Å². The van der Waals surface area contributed by atoms with Crippen LogP contribution in [0.15, 0.2) is 60.7 Å². The highest BCUT2D eigenvalue weighted by Gasteiger charge is 2.42. The maximum Gasteiger partial charge on any atom is 0.250 e. The summed E-state index contributed by atoms with van der Waals surface area (Å²) in [5.74, 6) is 4.68. The average molecular weight is 553 g/mol. The number of ether oxygens (including phenoxy) is 4. The molecule has 5 nitrogen and oxygen atoms in total. The number of thioether (sulfide) groups is 1. The summed E-state index contributed by atoms with van der Waals surface area (Å²) in [5.41, 5.74) is 3.54. The van der Waals surface area contributed by atoms with E-state index in [9.17, 15) is 0 Å². The van der Waals surface area contributed by atoms with Crippen molar-refractivity contribution in [2.45, 2.75) is 55.8 Å². The maximum atomic E-state index is 7.00. The summed E-state index contributed by atoms with van der Waals surface area (Å²) in [6.07, 6.45) is 0. The van der Waals surface area contributed by atoms with Crippen LogP contribution in [0.1, 0.15) is 48.6 Å². The molecule has 0 saturated heterocycles. The van der Waals surface area contributed by atoms with Crippen molar-refractivity contribution >= 4 is 20.1 Å². The number of hydrogen-bond acceptors (Lipinski definition) is 6. The molecule has 0 saturated carbocycles. The Morgan fingerprint density at radius 2 is 1.58 bits per heavy atom. The molecule has 38 heavy (non-hydrogen) atoms. The fourth-order valence-electron chi connectivity index (χ4n) is 4.42. The lowest BCUT2D eigenvalue weighted by Crippen LogP contribution is -2.44. The highest BCUT2D eigenvalue weighted by molar-refractivity contribution is 7.98. The number of rotatable bonds is 9. The Hall–Kier alpha value is -2.77. The average Bonchev–Trinajstić information content (AvgIpc) is 2.90. The predicted molar refractivity (Wildman–Crippen MR) is 159 cm³/mol. The van der Waals surface area contributed by atoms with Gasteiger partial charge in [0.25, 0.3) is 8.32 Å². The molecule has 0 unspecified atom stereocenters. The van der Waals surface area contributed by atoms with E-state index in [0.29, 0.717) is 18.1 Å². The molecule has 1 heterocycles. The first-order valence-corrected chi connectivity index (χ1v) is 17.0. The largest absolute Gasteiger partial charge is 0.541 e. The molecular formula is C31H40O5SSi. The molecule has 2 atom stereocenters. The van der Waals surface area contributed by atoms with E-state index in [-0.39, 0.29) is 16.2 Å². The van der Waals surface area contributed by atoms with Crippen LogP contribution in [0.25, 0.3) is 0 Å². The van der Waals surface area contributed by atoms with Gasteiger partial charge in [0.05, 0.1) is 27.9 Å². The zero-order valence-electron chi connectivity index (χ0n) is 23.8. The van der Waals surface area contributed by atoms with Crippen LogP contribution in [-0.4, -0.2) is 36.3 Å². The summed E-state index contributed by atoms with van der Waals surface area (Å²) >= 11 is 1.93. The Morgan fingerprint density at radius 1 is 0.868 bits per heavy atom. The third-order valence-electron chi connectivity index (χ3n) is 7.68. The second kappa shape index (κ2) is 11.5. The van der Waals surface area contributed by atoms with Crippen LogP contribution < -0.4 is 23.4 Å². The van der Waals surface area contributed by atoms with Gasteiger partial charge in [0.2, 0.25) is 5.75 Å². The summed E-state index contributed by atoms with van der Waals surface area (Å²) in [7, 11) is 2.83. The summed E-state index contributed by atoms with van der Waals surface area (Å²) in [6.45, 7) is 11.8. The summed E-state index contributed by atoms with van der Waals surface area (Å²) < 4.78 is 30.5. The monoisotopic (exact) mass is 552 g/mol. The minimum Gasteiger partial charge on any atom is -0.541 e. The molecule has 0 spiro atoms. The van der Waals surface area contributed by atoms with Gasteiger partial charge in [-0.1, -0.05) is 63.2 Å². The van der Waals surface area contributed by atoms with E-state index in [1.54, 1.807) is 21.3 Å². The minimum absolute atomic E-state index is 0.0199. The molecule has 0 bridgehead atoms. The molecule has 0 aromatic heterocycles. The third-order valence-corrected chi connectivity index (χ3v) is 13.4. The van der Waals surface area contributed by atoms with Gasteiger partial charge < -0.3 is 23.4 Å². The molecule has 7 heteroatoms. The van der Waals surface area contributed by atoms with Gasteiger partial charge in [-0.2, -0.15) is 0 Å². The van der Waals surface area contributed by atoms with E-state index < -0.39 is 8.32 Å². The van der Waals surface area contributed by atoms with Crippen LogP contribution in [0.4, 0.5) is 0 Å². The van der Waals surface area contributed by atoms with E-state index in [1.165, 1.54) is 5.56 Å². The van der Waals surface area contributed by atoms with E-state index in [1.807, 2.05) is 30.0 Å². The SMILES string of the molecule is COc1ccc2c(c1)OC[C@H](c1ccc(OC)c(OC)c1O[Si](C)(C)C(C)(C)C)[C@@H]2SCc1ccccc1. The lowest BCUT2D eigenvalue weighted by molar-refractivity contribution is 0.255. The van der Waals surface area contributed by atoms with Crippen molar-refractivity contribution in [3.63, 3.8) is 0 Å². The van der Waals surface area contributed by atoms with Crippen molar-refractivity contribution in [2.24, 2.45) is 0 Å². The first kappa shape index (κ1) is 28.2. The number of fused-ring (bicyclic) bond motifs is 1. The first-order chi connectivity index (χ1) is 18.1. The van der Waals surface area contributed by atoms with E-state index >= 15 is 0 Å². The Balaban J connectivity index is 1.83. The van der Waals surface area contributed by atoms with Crippen LogP contribution in [0.3, 0.4) is 0 Å². The van der Waals surface area contributed by atoms with Crippen LogP contribution >= 0.6 is 11.8 Å². The predicted octanol–water partition coefficient (Wildman–Crippen LogP) is 8.25. The van der Waals surface area contributed by atoms with Crippen molar-refractivity contribution in [1.29, 1.82) is 0 Å².